The van der Waals surface area contributed by atoms with Crippen LogP contribution in [0.1, 0.15) is 15.9 Å². The summed E-state index contributed by atoms with van der Waals surface area (Å²) in [6.45, 7) is 0. The lowest BCUT2D eigenvalue weighted by Crippen LogP contribution is -2.38. The SMILES string of the molecule is Nc1c(C(=O)N[C@@H]2C=CS(=O)(=O)C2)c(=O)[nH]c2cc(C(F)(F)F)c(F)cc12. The van der Waals surface area contributed by atoms with Crippen molar-refractivity contribution in [1.82, 2.24) is 10.3 Å². The molecular formula is C15H11F4N3O4S. The number of H-pyrrole nitrogens is 1. The summed E-state index contributed by atoms with van der Waals surface area (Å²) < 4.78 is 74.9. The fraction of sp³-hybridized carbons (Fsp3) is 0.200. The number of hydrogen-bond donors (Lipinski definition) is 3. The summed E-state index contributed by atoms with van der Waals surface area (Å²) in [4.78, 5) is 26.5. The molecule has 1 aromatic heterocycles. The molecule has 1 aromatic carbocycles. The molecule has 2 heterocycles. The van der Waals surface area contributed by atoms with E-state index in [4.69, 9.17) is 5.73 Å². The first-order chi connectivity index (χ1) is 12.4. The predicted molar refractivity (Wildman–Crippen MR) is 88.1 cm³/mol. The molecule has 1 aliphatic heterocycles. The van der Waals surface area contributed by atoms with Crippen molar-refractivity contribution in [3.8, 4) is 0 Å². The second-order valence-corrected chi connectivity index (χ2v) is 7.79. The number of anilines is 1. The summed E-state index contributed by atoms with van der Waals surface area (Å²) in [5, 5.41) is 2.88. The summed E-state index contributed by atoms with van der Waals surface area (Å²) >= 11 is 0. The molecule has 0 aliphatic carbocycles. The van der Waals surface area contributed by atoms with E-state index in [-0.39, 0.29) is 5.39 Å². The summed E-state index contributed by atoms with van der Waals surface area (Å²) in [6, 6.07) is -0.0439. The molecule has 144 valence electrons. The van der Waals surface area contributed by atoms with E-state index in [1.165, 1.54) is 6.08 Å². The van der Waals surface area contributed by atoms with E-state index in [2.05, 4.69) is 10.3 Å². The minimum Gasteiger partial charge on any atom is -0.397 e. The monoisotopic (exact) mass is 405 g/mol. The molecule has 0 unspecified atom stereocenters. The Morgan fingerprint density at radius 2 is 1.96 bits per heavy atom. The van der Waals surface area contributed by atoms with Gasteiger partial charge in [0.05, 0.1) is 28.6 Å². The van der Waals surface area contributed by atoms with Gasteiger partial charge in [0.1, 0.15) is 11.4 Å². The van der Waals surface area contributed by atoms with E-state index in [9.17, 15) is 35.6 Å². The van der Waals surface area contributed by atoms with E-state index in [1.807, 2.05) is 0 Å². The number of fused-ring (bicyclic) bond motifs is 1. The summed E-state index contributed by atoms with van der Waals surface area (Å²) in [5.41, 5.74) is 1.45. The van der Waals surface area contributed by atoms with E-state index in [0.29, 0.717) is 12.1 Å². The van der Waals surface area contributed by atoms with Crippen LogP contribution in [0.15, 0.2) is 28.4 Å². The summed E-state index contributed by atoms with van der Waals surface area (Å²) in [6.07, 6.45) is -3.78. The summed E-state index contributed by atoms with van der Waals surface area (Å²) in [7, 11) is -3.47. The second-order valence-electron chi connectivity index (χ2n) is 5.86. The molecule has 2 aromatic rings. The Hall–Kier alpha value is -2.89. The number of aromatic nitrogens is 1. The number of pyridine rings is 1. The Balaban J connectivity index is 2.06. The van der Waals surface area contributed by atoms with Gasteiger partial charge in [-0.05, 0) is 18.2 Å². The number of halogens is 4. The number of sulfone groups is 1. The van der Waals surface area contributed by atoms with E-state index in [1.54, 1.807) is 0 Å². The Labute approximate surface area is 148 Å². The number of rotatable bonds is 2. The van der Waals surface area contributed by atoms with Crippen molar-refractivity contribution in [2.45, 2.75) is 12.2 Å². The molecule has 0 spiro atoms. The molecule has 0 bridgehead atoms. The van der Waals surface area contributed by atoms with Crippen LogP contribution in [-0.2, 0) is 16.0 Å². The van der Waals surface area contributed by atoms with Crippen LogP contribution in [0.5, 0.6) is 0 Å². The molecule has 1 aliphatic rings. The van der Waals surface area contributed by atoms with Gasteiger partial charge in [-0.3, -0.25) is 9.59 Å². The molecule has 0 saturated carbocycles. The van der Waals surface area contributed by atoms with Crippen LogP contribution in [0.3, 0.4) is 0 Å². The maximum absolute atomic E-state index is 13.8. The Kier molecular flexibility index (Phi) is 4.25. The van der Waals surface area contributed by atoms with Gasteiger partial charge in [-0.15, -0.1) is 0 Å². The number of nitrogens with one attached hydrogen (secondary N) is 2. The van der Waals surface area contributed by atoms with Crippen LogP contribution in [0.4, 0.5) is 23.2 Å². The first kappa shape index (κ1) is 18.9. The number of aromatic amines is 1. The van der Waals surface area contributed by atoms with Crippen molar-refractivity contribution in [2.75, 3.05) is 11.5 Å². The lowest BCUT2D eigenvalue weighted by atomic mass is 10.1. The van der Waals surface area contributed by atoms with Crippen molar-refractivity contribution in [2.24, 2.45) is 0 Å². The van der Waals surface area contributed by atoms with Gasteiger partial charge < -0.3 is 16.0 Å². The Morgan fingerprint density at radius 1 is 1.30 bits per heavy atom. The van der Waals surface area contributed by atoms with Crippen LogP contribution in [0.2, 0.25) is 0 Å². The topological polar surface area (TPSA) is 122 Å². The molecule has 4 N–H and O–H groups in total. The standard InChI is InChI=1S/C15H11F4N3O4S/c16-9-3-7-10(4-8(9)15(17,18)19)22-14(24)11(12(7)20)13(23)21-6-1-2-27(25,26)5-6/h1-4,6H,5H2,(H,21,23)(H3,20,22,24)/t6-/m1/s1. The zero-order valence-corrected chi connectivity index (χ0v) is 14.0. The number of carbonyl (C=O) groups is 1. The van der Waals surface area contributed by atoms with Gasteiger partial charge in [-0.1, -0.05) is 0 Å². The normalized spacial score (nSPS) is 18.7. The second kappa shape index (κ2) is 6.08. The molecule has 12 heteroatoms. The molecule has 0 radical (unpaired) electrons. The zero-order valence-electron chi connectivity index (χ0n) is 13.2. The fourth-order valence-corrected chi connectivity index (χ4v) is 3.93. The van der Waals surface area contributed by atoms with Gasteiger partial charge in [0, 0.05) is 10.8 Å². The average molecular weight is 405 g/mol. The third-order valence-corrected chi connectivity index (χ3v) is 5.32. The molecule has 1 atom stereocenters. The highest BCUT2D eigenvalue weighted by atomic mass is 32.2. The third kappa shape index (κ3) is 3.52. The molecule has 7 nitrogen and oxygen atoms in total. The Bertz CT molecular complexity index is 1150. The first-order valence-corrected chi connectivity index (χ1v) is 9.04. The van der Waals surface area contributed by atoms with Crippen LogP contribution in [0, 0.1) is 5.82 Å². The van der Waals surface area contributed by atoms with E-state index < -0.39 is 67.4 Å². The minimum atomic E-state index is -4.99. The number of amides is 1. The van der Waals surface area contributed by atoms with Crippen LogP contribution in [0.25, 0.3) is 10.9 Å². The molecular weight excluding hydrogens is 394 g/mol. The van der Waals surface area contributed by atoms with E-state index >= 15 is 0 Å². The molecule has 0 saturated heterocycles. The minimum absolute atomic E-state index is 0.292. The van der Waals surface area contributed by atoms with E-state index in [0.717, 1.165) is 5.41 Å². The zero-order chi connectivity index (χ0) is 20.1. The maximum Gasteiger partial charge on any atom is 0.419 e. The van der Waals surface area contributed by atoms with Crippen LogP contribution < -0.4 is 16.6 Å². The van der Waals surface area contributed by atoms with Crippen molar-refractivity contribution >= 4 is 32.3 Å². The Morgan fingerprint density at radius 3 is 2.52 bits per heavy atom. The maximum atomic E-state index is 13.8. The van der Waals surface area contributed by atoms with Gasteiger partial charge in [-0.2, -0.15) is 13.2 Å². The highest BCUT2D eigenvalue weighted by Crippen LogP contribution is 2.34. The van der Waals surface area contributed by atoms with Gasteiger partial charge >= 0.3 is 6.18 Å². The van der Waals surface area contributed by atoms with Crippen LogP contribution in [-0.4, -0.2) is 31.1 Å². The number of hydrogen-bond acceptors (Lipinski definition) is 5. The van der Waals surface area contributed by atoms with Gasteiger partial charge in [0.2, 0.25) is 0 Å². The van der Waals surface area contributed by atoms with Gasteiger partial charge in [-0.25, -0.2) is 12.8 Å². The molecule has 1 amide bonds. The molecule has 0 fully saturated rings. The largest absolute Gasteiger partial charge is 0.419 e. The smallest absolute Gasteiger partial charge is 0.397 e. The van der Waals surface area contributed by atoms with Crippen molar-refractivity contribution in [1.29, 1.82) is 0 Å². The lowest BCUT2D eigenvalue weighted by Gasteiger charge is -2.14. The van der Waals surface area contributed by atoms with Gasteiger partial charge in [0.15, 0.2) is 9.84 Å². The van der Waals surface area contributed by atoms with Crippen molar-refractivity contribution in [3.05, 3.63) is 50.9 Å². The number of benzene rings is 1. The van der Waals surface area contributed by atoms with Crippen molar-refractivity contribution in [3.63, 3.8) is 0 Å². The number of nitrogen functional groups attached to an aromatic ring is 1. The number of nitrogens with two attached hydrogens (primary N) is 1. The van der Waals surface area contributed by atoms with Crippen LogP contribution >= 0.6 is 0 Å². The predicted octanol–water partition coefficient (Wildman–Crippen LogP) is 1.31. The summed E-state index contributed by atoms with van der Waals surface area (Å²) in [5.74, 6) is -3.07. The van der Waals surface area contributed by atoms with Gasteiger partial charge in [0.25, 0.3) is 11.5 Å². The number of carbonyl (C=O) groups excluding carboxylic acids is 1. The number of alkyl halides is 3. The molecule has 27 heavy (non-hydrogen) atoms. The highest BCUT2D eigenvalue weighted by molar-refractivity contribution is 7.94. The average Bonchev–Trinajstić information content (AvgIpc) is 2.85. The third-order valence-electron chi connectivity index (χ3n) is 3.92. The molecule has 3 rings (SSSR count). The lowest BCUT2D eigenvalue weighted by molar-refractivity contribution is -0.139. The van der Waals surface area contributed by atoms with Crippen molar-refractivity contribution < 1.29 is 30.8 Å². The first-order valence-electron chi connectivity index (χ1n) is 7.33. The quantitative estimate of drug-likeness (QED) is 0.651. The highest BCUT2D eigenvalue weighted by Gasteiger charge is 2.35. The fourth-order valence-electron chi connectivity index (χ4n) is 2.69.